The van der Waals surface area contributed by atoms with Gasteiger partial charge in [0.25, 0.3) is 0 Å². The van der Waals surface area contributed by atoms with Gasteiger partial charge in [-0.1, -0.05) is 48.5 Å². The molecular weight excluding hydrogens is 350 g/mol. The number of halogens is 1. The molecule has 0 saturated carbocycles. The lowest BCUT2D eigenvalue weighted by Gasteiger charge is -2.30. The summed E-state index contributed by atoms with van der Waals surface area (Å²) in [5, 5.41) is 9.18. The number of carbonyl (C=O) groups is 1. The highest BCUT2D eigenvalue weighted by Crippen LogP contribution is 2.22. The van der Waals surface area contributed by atoms with E-state index in [1.54, 1.807) is 0 Å². The Balaban J connectivity index is 0.00000243. The predicted molar refractivity (Wildman–Crippen MR) is 105 cm³/mol. The Hall–Kier alpha value is -2.04. The van der Waals surface area contributed by atoms with Crippen LogP contribution in [0.1, 0.15) is 24.0 Å². The SMILES string of the molecule is Cl.O=C(O)[C@@H]1CCCN(CCOc2ccccc2Cc2ccccc2)C1. The third kappa shape index (κ3) is 5.75. The van der Waals surface area contributed by atoms with E-state index in [2.05, 4.69) is 23.1 Å². The second-order valence-electron chi connectivity index (χ2n) is 6.60. The fraction of sp³-hybridized carbons (Fsp3) is 0.381. The maximum absolute atomic E-state index is 11.2. The van der Waals surface area contributed by atoms with Crippen molar-refractivity contribution in [3.8, 4) is 5.75 Å². The number of hydrogen-bond acceptors (Lipinski definition) is 3. The number of carboxylic acid groups (broad SMARTS) is 1. The third-order valence-corrected chi connectivity index (χ3v) is 4.73. The molecule has 1 saturated heterocycles. The monoisotopic (exact) mass is 375 g/mol. The lowest BCUT2D eigenvalue weighted by Crippen LogP contribution is -2.40. The first kappa shape index (κ1) is 20.3. The molecular formula is C21H26ClNO3. The van der Waals surface area contributed by atoms with Crippen LogP contribution in [0.2, 0.25) is 0 Å². The molecule has 0 unspecified atom stereocenters. The van der Waals surface area contributed by atoms with Crippen LogP contribution in [0.5, 0.6) is 5.75 Å². The minimum atomic E-state index is -0.682. The van der Waals surface area contributed by atoms with Gasteiger partial charge in [-0.3, -0.25) is 9.69 Å². The van der Waals surface area contributed by atoms with Gasteiger partial charge in [-0.25, -0.2) is 0 Å². The van der Waals surface area contributed by atoms with E-state index in [4.69, 9.17) is 4.74 Å². The summed E-state index contributed by atoms with van der Waals surface area (Å²) < 4.78 is 6.02. The third-order valence-electron chi connectivity index (χ3n) is 4.73. The molecule has 5 heteroatoms. The van der Waals surface area contributed by atoms with Crippen LogP contribution in [0.4, 0.5) is 0 Å². The summed E-state index contributed by atoms with van der Waals surface area (Å²) in [5.41, 5.74) is 2.44. The molecule has 26 heavy (non-hydrogen) atoms. The summed E-state index contributed by atoms with van der Waals surface area (Å²) in [6.07, 6.45) is 2.58. The lowest BCUT2D eigenvalue weighted by molar-refractivity contribution is -0.143. The first-order valence-electron chi connectivity index (χ1n) is 8.92. The van der Waals surface area contributed by atoms with Crippen molar-refractivity contribution in [2.75, 3.05) is 26.2 Å². The molecule has 4 nitrogen and oxygen atoms in total. The quantitative estimate of drug-likeness (QED) is 0.798. The van der Waals surface area contributed by atoms with Gasteiger partial charge >= 0.3 is 5.97 Å². The number of nitrogens with zero attached hydrogens (tertiary/aromatic N) is 1. The van der Waals surface area contributed by atoms with Crippen molar-refractivity contribution in [1.29, 1.82) is 0 Å². The van der Waals surface area contributed by atoms with Crippen LogP contribution in [-0.2, 0) is 11.2 Å². The molecule has 0 radical (unpaired) electrons. The van der Waals surface area contributed by atoms with Crippen molar-refractivity contribution in [1.82, 2.24) is 4.90 Å². The molecule has 1 atom stereocenters. The Morgan fingerprint density at radius 3 is 2.62 bits per heavy atom. The molecule has 2 aromatic carbocycles. The molecule has 1 fully saturated rings. The standard InChI is InChI=1S/C21H25NO3.ClH/c23-21(24)19-10-6-12-22(16-19)13-14-25-20-11-5-4-9-18(20)15-17-7-2-1-3-8-17;/h1-5,7-9,11,19H,6,10,12-16H2,(H,23,24);1H/t19-;/m1./s1. The van der Waals surface area contributed by atoms with Crippen molar-refractivity contribution >= 4 is 18.4 Å². The zero-order valence-corrected chi connectivity index (χ0v) is 15.7. The minimum absolute atomic E-state index is 0. The number of carboxylic acids is 1. The zero-order chi connectivity index (χ0) is 17.5. The number of piperidine rings is 1. The van der Waals surface area contributed by atoms with E-state index in [0.717, 1.165) is 38.1 Å². The number of para-hydroxylation sites is 1. The van der Waals surface area contributed by atoms with Gasteiger partial charge in [0.15, 0.2) is 0 Å². The Morgan fingerprint density at radius 2 is 1.85 bits per heavy atom. The normalized spacial score (nSPS) is 17.3. The summed E-state index contributed by atoms with van der Waals surface area (Å²) in [4.78, 5) is 13.4. The van der Waals surface area contributed by atoms with Crippen molar-refractivity contribution in [2.45, 2.75) is 19.3 Å². The fourth-order valence-corrected chi connectivity index (χ4v) is 3.35. The Kier molecular flexibility index (Phi) is 7.95. The van der Waals surface area contributed by atoms with Crippen LogP contribution >= 0.6 is 12.4 Å². The number of likely N-dealkylation sites (tertiary alicyclic amines) is 1. The molecule has 0 amide bonds. The van der Waals surface area contributed by atoms with Gasteiger partial charge < -0.3 is 9.84 Å². The van der Waals surface area contributed by atoms with Crippen LogP contribution < -0.4 is 4.74 Å². The van der Waals surface area contributed by atoms with E-state index >= 15 is 0 Å². The number of hydrogen-bond donors (Lipinski definition) is 1. The number of ether oxygens (including phenoxy) is 1. The van der Waals surface area contributed by atoms with E-state index in [-0.39, 0.29) is 18.3 Å². The largest absolute Gasteiger partial charge is 0.492 e. The Labute approximate surface area is 161 Å². The number of aliphatic carboxylic acids is 1. The van der Waals surface area contributed by atoms with Gasteiger partial charge in [0, 0.05) is 19.5 Å². The summed E-state index contributed by atoms with van der Waals surface area (Å²) in [5.74, 6) is -0.00362. The second-order valence-corrected chi connectivity index (χ2v) is 6.60. The van der Waals surface area contributed by atoms with E-state index in [0.29, 0.717) is 13.2 Å². The second kappa shape index (κ2) is 10.2. The van der Waals surface area contributed by atoms with Crippen molar-refractivity contribution in [3.05, 3.63) is 65.7 Å². The van der Waals surface area contributed by atoms with Crippen LogP contribution in [0.15, 0.2) is 54.6 Å². The van der Waals surface area contributed by atoms with Crippen LogP contribution in [0, 0.1) is 5.92 Å². The van der Waals surface area contributed by atoms with Gasteiger partial charge in [0.1, 0.15) is 12.4 Å². The zero-order valence-electron chi connectivity index (χ0n) is 14.8. The molecule has 0 spiro atoms. The minimum Gasteiger partial charge on any atom is -0.492 e. The summed E-state index contributed by atoms with van der Waals surface area (Å²) >= 11 is 0. The van der Waals surface area contributed by atoms with E-state index in [1.165, 1.54) is 11.1 Å². The number of benzene rings is 2. The van der Waals surface area contributed by atoms with Crippen molar-refractivity contribution < 1.29 is 14.6 Å². The molecule has 1 aliphatic rings. The topological polar surface area (TPSA) is 49.8 Å². The first-order chi connectivity index (χ1) is 12.2. The van der Waals surface area contributed by atoms with E-state index < -0.39 is 5.97 Å². The van der Waals surface area contributed by atoms with Crippen LogP contribution in [0.3, 0.4) is 0 Å². The smallest absolute Gasteiger partial charge is 0.307 e. The van der Waals surface area contributed by atoms with Gasteiger partial charge in [0.2, 0.25) is 0 Å². The maximum Gasteiger partial charge on any atom is 0.307 e. The summed E-state index contributed by atoms with van der Waals surface area (Å²) in [6, 6.07) is 18.5. The van der Waals surface area contributed by atoms with E-state index in [1.807, 2.05) is 36.4 Å². The summed E-state index contributed by atoms with van der Waals surface area (Å²) in [7, 11) is 0. The molecule has 1 aliphatic heterocycles. The maximum atomic E-state index is 11.2. The van der Waals surface area contributed by atoms with Crippen molar-refractivity contribution in [3.63, 3.8) is 0 Å². The molecule has 2 aromatic rings. The highest BCUT2D eigenvalue weighted by molar-refractivity contribution is 5.85. The molecule has 0 aliphatic carbocycles. The highest BCUT2D eigenvalue weighted by Gasteiger charge is 2.24. The van der Waals surface area contributed by atoms with Crippen LogP contribution in [0.25, 0.3) is 0 Å². The highest BCUT2D eigenvalue weighted by atomic mass is 35.5. The molecule has 0 bridgehead atoms. The first-order valence-corrected chi connectivity index (χ1v) is 8.92. The predicted octanol–water partition coefficient (Wildman–Crippen LogP) is 3.87. The van der Waals surface area contributed by atoms with Crippen molar-refractivity contribution in [2.24, 2.45) is 5.92 Å². The molecule has 1 N–H and O–H groups in total. The lowest BCUT2D eigenvalue weighted by atomic mass is 9.98. The summed E-state index contributed by atoms with van der Waals surface area (Å²) in [6.45, 7) is 2.94. The van der Waals surface area contributed by atoms with Gasteiger partial charge in [-0.15, -0.1) is 12.4 Å². The molecule has 0 aromatic heterocycles. The Bertz CT molecular complexity index is 693. The van der Waals surface area contributed by atoms with Gasteiger partial charge in [-0.2, -0.15) is 0 Å². The average Bonchev–Trinajstić information content (AvgIpc) is 2.64. The molecule has 1 heterocycles. The fourth-order valence-electron chi connectivity index (χ4n) is 3.35. The molecule has 3 rings (SSSR count). The number of rotatable bonds is 7. The van der Waals surface area contributed by atoms with E-state index in [9.17, 15) is 9.90 Å². The van der Waals surface area contributed by atoms with Gasteiger partial charge in [-0.05, 0) is 36.6 Å². The van der Waals surface area contributed by atoms with Crippen LogP contribution in [-0.4, -0.2) is 42.2 Å². The van der Waals surface area contributed by atoms with Gasteiger partial charge in [0.05, 0.1) is 5.92 Å². The average molecular weight is 376 g/mol. The Morgan fingerprint density at radius 1 is 1.12 bits per heavy atom. The molecule has 140 valence electrons.